The van der Waals surface area contributed by atoms with Crippen LogP contribution in [-0.4, -0.2) is 62.2 Å². The minimum atomic E-state index is -2.16. The second-order valence-corrected chi connectivity index (χ2v) is 5.65. The molecule has 4 N–H and O–H groups in total. The van der Waals surface area contributed by atoms with E-state index in [2.05, 4.69) is 15.4 Å². The lowest BCUT2D eigenvalue weighted by Gasteiger charge is -2.25. The van der Waals surface area contributed by atoms with E-state index in [-0.39, 0.29) is 5.90 Å². The number of fused-ring (bicyclic) bond motifs is 1. The van der Waals surface area contributed by atoms with Gasteiger partial charge in [0.25, 0.3) is 0 Å². The SMILES string of the molecule is CNOC(=N)c1cn([C@H]2OC(CO)[C@@H](O)[C@@]2(C)F)c2ncncc12. The van der Waals surface area contributed by atoms with Gasteiger partial charge in [-0.15, -0.1) is 0 Å². The van der Waals surface area contributed by atoms with E-state index in [4.69, 9.17) is 15.0 Å². The monoisotopic (exact) mass is 339 g/mol. The van der Waals surface area contributed by atoms with Crippen LogP contribution in [0.3, 0.4) is 0 Å². The van der Waals surface area contributed by atoms with Crippen LogP contribution in [0, 0.1) is 5.41 Å². The van der Waals surface area contributed by atoms with Crippen LogP contribution in [-0.2, 0) is 9.57 Å². The van der Waals surface area contributed by atoms with Crippen molar-refractivity contribution in [2.45, 2.75) is 31.0 Å². The van der Waals surface area contributed by atoms with Gasteiger partial charge in [-0.3, -0.25) is 5.41 Å². The quantitative estimate of drug-likeness (QED) is 0.348. The summed E-state index contributed by atoms with van der Waals surface area (Å²) in [6, 6.07) is 0. The summed E-state index contributed by atoms with van der Waals surface area (Å²) in [6.45, 7) is 0.678. The zero-order chi connectivity index (χ0) is 17.5. The predicted octanol–water partition coefficient (Wildman–Crippen LogP) is -0.114. The van der Waals surface area contributed by atoms with Crippen LogP contribution in [0.4, 0.5) is 4.39 Å². The number of ether oxygens (including phenoxy) is 1. The highest BCUT2D eigenvalue weighted by Gasteiger charge is 2.55. The van der Waals surface area contributed by atoms with Crippen molar-refractivity contribution in [3.63, 3.8) is 0 Å². The van der Waals surface area contributed by atoms with E-state index in [1.54, 1.807) is 0 Å². The van der Waals surface area contributed by atoms with E-state index in [0.29, 0.717) is 16.6 Å². The van der Waals surface area contributed by atoms with E-state index in [1.165, 1.54) is 37.3 Å². The van der Waals surface area contributed by atoms with Crippen molar-refractivity contribution >= 4 is 16.9 Å². The highest BCUT2D eigenvalue weighted by atomic mass is 19.1. The van der Waals surface area contributed by atoms with Gasteiger partial charge in [0.15, 0.2) is 11.9 Å². The number of rotatable bonds is 4. The summed E-state index contributed by atoms with van der Waals surface area (Å²) in [5, 5.41) is 27.7. The first-order valence-electron chi connectivity index (χ1n) is 7.28. The van der Waals surface area contributed by atoms with Gasteiger partial charge in [0.2, 0.25) is 5.90 Å². The first-order chi connectivity index (χ1) is 11.4. The number of hydrogen-bond acceptors (Lipinski definition) is 8. The maximum atomic E-state index is 15.0. The molecule has 3 heterocycles. The fourth-order valence-electron chi connectivity index (χ4n) is 2.87. The van der Waals surface area contributed by atoms with E-state index in [9.17, 15) is 10.2 Å². The maximum Gasteiger partial charge on any atom is 0.240 e. The lowest BCUT2D eigenvalue weighted by molar-refractivity contribution is -0.0564. The summed E-state index contributed by atoms with van der Waals surface area (Å²) in [7, 11) is 1.51. The molecule has 0 saturated carbocycles. The molecule has 0 spiro atoms. The van der Waals surface area contributed by atoms with Crippen molar-refractivity contribution in [3.8, 4) is 0 Å². The molecular weight excluding hydrogens is 321 g/mol. The second kappa shape index (κ2) is 6.06. The molecule has 0 aromatic carbocycles. The van der Waals surface area contributed by atoms with E-state index < -0.39 is 30.7 Å². The first kappa shape index (κ1) is 16.7. The smallest absolute Gasteiger partial charge is 0.240 e. The Morgan fingerprint density at radius 2 is 2.38 bits per heavy atom. The van der Waals surface area contributed by atoms with Crippen molar-refractivity contribution in [2.75, 3.05) is 13.7 Å². The van der Waals surface area contributed by atoms with Crippen LogP contribution in [0.5, 0.6) is 0 Å². The van der Waals surface area contributed by atoms with Crippen molar-refractivity contribution in [2.24, 2.45) is 0 Å². The highest BCUT2D eigenvalue weighted by Crippen LogP contribution is 2.42. The van der Waals surface area contributed by atoms with Crippen LogP contribution in [0.25, 0.3) is 11.0 Å². The van der Waals surface area contributed by atoms with Crippen LogP contribution in [0.1, 0.15) is 18.7 Å². The Labute approximate surface area is 136 Å². The molecule has 24 heavy (non-hydrogen) atoms. The average Bonchev–Trinajstić information content (AvgIpc) is 3.04. The molecule has 9 nitrogen and oxygen atoms in total. The number of aliphatic hydroxyl groups is 2. The van der Waals surface area contributed by atoms with Crippen LogP contribution in [0.2, 0.25) is 0 Å². The number of aromatic nitrogens is 3. The van der Waals surface area contributed by atoms with E-state index in [1.807, 2.05) is 0 Å². The van der Waals surface area contributed by atoms with Gasteiger partial charge in [0, 0.05) is 19.4 Å². The molecule has 1 aliphatic rings. The van der Waals surface area contributed by atoms with Gasteiger partial charge in [0.05, 0.1) is 17.6 Å². The summed E-state index contributed by atoms with van der Waals surface area (Å²) >= 11 is 0. The van der Waals surface area contributed by atoms with Crippen LogP contribution < -0.4 is 5.48 Å². The summed E-state index contributed by atoms with van der Waals surface area (Å²) in [5.41, 5.74) is 0.895. The molecule has 4 atom stereocenters. The molecule has 2 aromatic heterocycles. The van der Waals surface area contributed by atoms with E-state index >= 15 is 4.39 Å². The molecule has 10 heteroatoms. The Hall–Kier alpha value is -2.14. The Balaban J connectivity index is 2.12. The molecular formula is C14H18FN5O4. The molecule has 1 aliphatic heterocycles. The topological polar surface area (TPSA) is 126 Å². The summed E-state index contributed by atoms with van der Waals surface area (Å²) < 4.78 is 21.9. The standard InChI is InChI=1S/C14H18FN5O4/c1-14(15)10(22)9(5-21)23-13(14)20-4-8(11(16)24-17-2)7-3-18-6-19-12(7)20/h3-4,6,9-10,13,16-17,21-22H,5H2,1-2H3/t9?,10-,13+,14-/m1/s1. The minimum absolute atomic E-state index is 0.200. The molecule has 0 aliphatic carbocycles. The number of halogens is 1. The molecule has 0 amide bonds. The predicted molar refractivity (Wildman–Crippen MR) is 81.0 cm³/mol. The third kappa shape index (κ3) is 2.44. The van der Waals surface area contributed by atoms with Gasteiger partial charge in [-0.05, 0) is 6.92 Å². The number of aliphatic hydroxyl groups excluding tert-OH is 2. The third-order valence-electron chi connectivity index (χ3n) is 4.09. The Morgan fingerprint density at radius 3 is 3.00 bits per heavy atom. The normalized spacial score (nSPS) is 30.0. The average molecular weight is 339 g/mol. The van der Waals surface area contributed by atoms with Gasteiger partial charge in [-0.2, -0.15) is 5.48 Å². The largest absolute Gasteiger partial charge is 0.394 e. The number of nitrogens with zero attached hydrogens (tertiary/aromatic N) is 3. The van der Waals surface area contributed by atoms with E-state index in [0.717, 1.165) is 0 Å². The zero-order valence-corrected chi connectivity index (χ0v) is 13.1. The molecule has 2 aromatic rings. The van der Waals surface area contributed by atoms with Crippen LogP contribution in [0.15, 0.2) is 18.7 Å². The molecule has 1 saturated heterocycles. The fraction of sp³-hybridized carbons (Fsp3) is 0.500. The number of alkyl halides is 1. The number of nitrogens with one attached hydrogen (secondary N) is 2. The molecule has 0 radical (unpaired) electrons. The minimum Gasteiger partial charge on any atom is -0.394 e. The first-order valence-corrected chi connectivity index (χ1v) is 7.28. The lowest BCUT2D eigenvalue weighted by atomic mass is 9.98. The molecule has 1 unspecified atom stereocenters. The van der Waals surface area contributed by atoms with Gasteiger partial charge < -0.3 is 24.4 Å². The van der Waals surface area contributed by atoms with Crippen molar-refractivity contribution in [1.29, 1.82) is 5.41 Å². The van der Waals surface area contributed by atoms with Crippen molar-refractivity contribution in [3.05, 3.63) is 24.3 Å². The van der Waals surface area contributed by atoms with Crippen molar-refractivity contribution < 1.29 is 24.2 Å². The Kier molecular flexibility index (Phi) is 4.22. The summed E-state index contributed by atoms with van der Waals surface area (Å²) in [6.07, 6.45) is 0.442. The van der Waals surface area contributed by atoms with Crippen molar-refractivity contribution in [1.82, 2.24) is 20.0 Å². The zero-order valence-electron chi connectivity index (χ0n) is 13.1. The summed E-state index contributed by atoms with van der Waals surface area (Å²) in [5.74, 6) is -0.200. The van der Waals surface area contributed by atoms with Crippen LogP contribution >= 0.6 is 0 Å². The summed E-state index contributed by atoms with van der Waals surface area (Å²) in [4.78, 5) is 13.0. The molecule has 1 fully saturated rings. The lowest BCUT2D eigenvalue weighted by Crippen LogP contribution is -2.40. The molecule has 0 bridgehead atoms. The number of hydroxylamine groups is 1. The maximum absolute atomic E-state index is 15.0. The Bertz CT molecular complexity index is 765. The molecule has 3 rings (SSSR count). The van der Waals surface area contributed by atoms with Gasteiger partial charge in [-0.25, -0.2) is 14.4 Å². The highest BCUT2D eigenvalue weighted by molar-refractivity contribution is 6.04. The molecule has 130 valence electrons. The second-order valence-electron chi connectivity index (χ2n) is 5.65. The fourth-order valence-corrected chi connectivity index (χ4v) is 2.87. The van der Waals surface area contributed by atoms with Gasteiger partial charge in [0.1, 0.15) is 24.2 Å². The van der Waals surface area contributed by atoms with Gasteiger partial charge >= 0.3 is 0 Å². The van der Waals surface area contributed by atoms with Gasteiger partial charge in [-0.1, -0.05) is 0 Å². The number of hydrogen-bond donors (Lipinski definition) is 4. The third-order valence-corrected chi connectivity index (χ3v) is 4.09. The Morgan fingerprint density at radius 1 is 1.62 bits per heavy atom.